The van der Waals surface area contributed by atoms with E-state index in [2.05, 4.69) is 4.90 Å². The molecule has 27 heavy (non-hydrogen) atoms. The van der Waals surface area contributed by atoms with Crippen LogP contribution in [0.3, 0.4) is 0 Å². The second-order valence-electron chi connectivity index (χ2n) is 7.40. The largest absolute Gasteiger partial charge is 0.497 e. The number of rotatable bonds is 4. The van der Waals surface area contributed by atoms with Crippen LogP contribution in [0.2, 0.25) is 0 Å². The van der Waals surface area contributed by atoms with Crippen molar-refractivity contribution in [2.75, 3.05) is 45.4 Å². The molecule has 2 aromatic rings. The van der Waals surface area contributed by atoms with Gasteiger partial charge in [-0.2, -0.15) is 0 Å². The number of aryl methyl sites for hydroxylation is 1. The Morgan fingerprint density at radius 2 is 2.15 bits per heavy atom. The summed E-state index contributed by atoms with van der Waals surface area (Å²) in [4.78, 5) is 18.9. The number of hydrogen-bond donors (Lipinski definition) is 1. The van der Waals surface area contributed by atoms with Gasteiger partial charge in [-0.25, -0.2) is 4.98 Å². The lowest BCUT2D eigenvalue weighted by Gasteiger charge is -2.33. The first kappa shape index (κ1) is 17.9. The number of anilines is 1. The van der Waals surface area contributed by atoms with Crippen molar-refractivity contribution in [3.8, 4) is 11.5 Å². The molecule has 1 N–H and O–H groups in total. The molecule has 144 valence electrons. The van der Waals surface area contributed by atoms with E-state index < -0.39 is 11.4 Å². The topological polar surface area (TPSA) is 81.1 Å². The number of carboxylic acid groups (broad SMARTS) is 1. The number of ether oxygens (including phenoxy) is 3. The summed E-state index contributed by atoms with van der Waals surface area (Å²) < 4.78 is 16.4. The summed E-state index contributed by atoms with van der Waals surface area (Å²) in [6.45, 7) is 3.98. The highest BCUT2D eigenvalue weighted by Crippen LogP contribution is 2.44. The lowest BCUT2D eigenvalue weighted by molar-refractivity contribution is -0.159. The summed E-state index contributed by atoms with van der Waals surface area (Å²) in [6, 6.07) is 5.77. The molecule has 1 aromatic heterocycles. The number of benzene rings is 1. The van der Waals surface area contributed by atoms with Gasteiger partial charge in [-0.05, 0) is 37.0 Å². The molecule has 0 unspecified atom stereocenters. The van der Waals surface area contributed by atoms with Crippen LogP contribution in [0.4, 0.5) is 5.82 Å². The van der Waals surface area contributed by atoms with Crippen molar-refractivity contribution in [1.29, 1.82) is 0 Å². The number of aromatic nitrogens is 1. The van der Waals surface area contributed by atoms with Crippen molar-refractivity contribution in [2.24, 2.45) is 11.3 Å². The maximum Gasteiger partial charge on any atom is 0.314 e. The van der Waals surface area contributed by atoms with Crippen molar-refractivity contribution in [2.45, 2.75) is 13.3 Å². The van der Waals surface area contributed by atoms with Gasteiger partial charge in [0.15, 0.2) is 0 Å². The number of hydrogen-bond acceptors (Lipinski definition) is 6. The van der Waals surface area contributed by atoms with Crippen LogP contribution in [0.5, 0.6) is 11.5 Å². The molecule has 3 heterocycles. The summed E-state index contributed by atoms with van der Waals surface area (Å²) in [5.41, 5.74) is 0.943. The summed E-state index contributed by atoms with van der Waals surface area (Å²) in [7, 11) is 3.23. The first-order valence-electron chi connectivity index (χ1n) is 9.08. The number of aliphatic carboxylic acids is 1. The standard InChI is InChI=1S/C20H24N2O5/c1-12-6-17(21-18-15(12)7-14(25-2)8-16(18)26-3)22-9-13-4-5-27-11-20(13,10-22)19(23)24/h6-8,13H,4-5,9-11H2,1-3H3,(H,23,24)/t13-,20+/m0/s1. The lowest BCUT2D eigenvalue weighted by atomic mass is 9.76. The minimum absolute atomic E-state index is 0.0688. The van der Waals surface area contributed by atoms with Crippen LogP contribution in [-0.2, 0) is 9.53 Å². The van der Waals surface area contributed by atoms with Crippen LogP contribution in [0.25, 0.3) is 10.9 Å². The van der Waals surface area contributed by atoms with Gasteiger partial charge >= 0.3 is 5.97 Å². The Labute approximate surface area is 157 Å². The fraction of sp³-hybridized carbons (Fsp3) is 0.500. The fourth-order valence-corrected chi connectivity index (χ4v) is 4.32. The second kappa shape index (κ2) is 6.56. The van der Waals surface area contributed by atoms with Gasteiger partial charge in [0, 0.05) is 31.1 Å². The normalized spacial score (nSPS) is 24.7. The highest BCUT2D eigenvalue weighted by molar-refractivity contribution is 5.90. The molecule has 2 aliphatic heterocycles. The van der Waals surface area contributed by atoms with E-state index in [1.807, 2.05) is 25.1 Å². The van der Waals surface area contributed by atoms with E-state index in [-0.39, 0.29) is 12.5 Å². The van der Waals surface area contributed by atoms with Gasteiger partial charge in [0.25, 0.3) is 0 Å². The fourth-order valence-electron chi connectivity index (χ4n) is 4.32. The predicted octanol–water partition coefficient (Wildman–Crippen LogP) is 2.49. The van der Waals surface area contributed by atoms with Gasteiger partial charge in [-0.3, -0.25) is 4.79 Å². The molecule has 0 bridgehead atoms. The number of fused-ring (bicyclic) bond motifs is 2. The van der Waals surface area contributed by atoms with Gasteiger partial charge < -0.3 is 24.2 Å². The Balaban J connectivity index is 1.77. The summed E-state index contributed by atoms with van der Waals surface area (Å²) in [6.07, 6.45) is 0.760. The van der Waals surface area contributed by atoms with E-state index in [4.69, 9.17) is 19.2 Å². The molecule has 7 nitrogen and oxygen atoms in total. The third-order valence-electron chi connectivity index (χ3n) is 5.92. The molecular weight excluding hydrogens is 348 g/mol. The van der Waals surface area contributed by atoms with Crippen LogP contribution >= 0.6 is 0 Å². The molecule has 0 saturated carbocycles. The van der Waals surface area contributed by atoms with Crippen LogP contribution in [0.15, 0.2) is 18.2 Å². The van der Waals surface area contributed by atoms with Gasteiger partial charge in [-0.1, -0.05) is 0 Å². The molecule has 0 spiro atoms. The van der Waals surface area contributed by atoms with Crippen molar-refractivity contribution in [1.82, 2.24) is 4.98 Å². The monoisotopic (exact) mass is 372 g/mol. The maximum absolute atomic E-state index is 12.0. The molecule has 1 aromatic carbocycles. The zero-order chi connectivity index (χ0) is 19.2. The summed E-state index contributed by atoms with van der Waals surface area (Å²) in [5.74, 6) is 1.42. The van der Waals surface area contributed by atoms with Gasteiger partial charge in [0.1, 0.15) is 28.2 Å². The highest BCUT2D eigenvalue weighted by atomic mass is 16.5. The van der Waals surface area contributed by atoms with Crippen LogP contribution in [0.1, 0.15) is 12.0 Å². The van der Waals surface area contributed by atoms with E-state index >= 15 is 0 Å². The van der Waals surface area contributed by atoms with Gasteiger partial charge in [-0.15, -0.1) is 0 Å². The van der Waals surface area contributed by atoms with Crippen molar-refractivity contribution < 1.29 is 24.1 Å². The molecule has 7 heteroatoms. The van der Waals surface area contributed by atoms with Gasteiger partial charge in [0.2, 0.25) is 0 Å². The van der Waals surface area contributed by atoms with E-state index in [1.54, 1.807) is 14.2 Å². The number of carboxylic acids is 1. The van der Waals surface area contributed by atoms with E-state index in [0.29, 0.717) is 31.2 Å². The Morgan fingerprint density at radius 3 is 2.81 bits per heavy atom. The minimum atomic E-state index is -0.854. The van der Waals surface area contributed by atoms with Crippen molar-refractivity contribution in [3.05, 3.63) is 23.8 Å². The quantitative estimate of drug-likeness (QED) is 0.883. The SMILES string of the molecule is COc1cc(OC)c2nc(N3C[C@@H]4CCOC[C@]4(C(=O)O)C3)cc(C)c2c1. The molecule has 0 radical (unpaired) electrons. The Kier molecular flexibility index (Phi) is 4.34. The van der Waals surface area contributed by atoms with E-state index in [1.165, 1.54) is 0 Å². The molecule has 0 amide bonds. The van der Waals surface area contributed by atoms with Crippen molar-refractivity contribution in [3.63, 3.8) is 0 Å². The zero-order valence-corrected chi connectivity index (χ0v) is 15.8. The zero-order valence-electron chi connectivity index (χ0n) is 15.8. The predicted molar refractivity (Wildman–Crippen MR) is 101 cm³/mol. The number of nitrogens with zero attached hydrogens (tertiary/aromatic N) is 2. The molecular formula is C20H24N2O5. The average molecular weight is 372 g/mol. The number of carbonyl (C=O) groups is 1. The first-order valence-corrected chi connectivity index (χ1v) is 9.08. The Morgan fingerprint density at radius 1 is 1.33 bits per heavy atom. The smallest absolute Gasteiger partial charge is 0.314 e. The third-order valence-corrected chi connectivity index (χ3v) is 5.92. The molecule has 2 aliphatic rings. The minimum Gasteiger partial charge on any atom is -0.497 e. The van der Waals surface area contributed by atoms with Gasteiger partial charge in [0.05, 0.1) is 20.8 Å². The Hall–Kier alpha value is -2.54. The second-order valence-corrected chi connectivity index (χ2v) is 7.40. The maximum atomic E-state index is 12.0. The molecule has 0 aliphatic carbocycles. The molecule has 2 saturated heterocycles. The summed E-state index contributed by atoms with van der Waals surface area (Å²) >= 11 is 0. The van der Waals surface area contributed by atoms with Crippen molar-refractivity contribution >= 4 is 22.7 Å². The molecule has 2 fully saturated rings. The number of methoxy groups -OCH3 is 2. The van der Waals surface area contributed by atoms with E-state index in [9.17, 15) is 9.90 Å². The molecule has 2 atom stereocenters. The first-order chi connectivity index (χ1) is 13.0. The van der Waals surface area contributed by atoms with Crippen LogP contribution in [-0.4, -0.2) is 56.6 Å². The van der Waals surface area contributed by atoms with E-state index in [0.717, 1.165) is 28.7 Å². The lowest BCUT2D eigenvalue weighted by Crippen LogP contribution is -2.46. The average Bonchev–Trinajstić information content (AvgIpc) is 3.08. The Bertz CT molecular complexity index is 900. The summed E-state index contributed by atoms with van der Waals surface area (Å²) in [5, 5.41) is 10.8. The van der Waals surface area contributed by atoms with Crippen LogP contribution in [0, 0.1) is 18.3 Å². The molecule has 4 rings (SSSR count). The third kappa shape index (κ3) is 2.77. The number of pyridine rings is 1. The highest BCUT2D eigenvalue weighted by Gasteiger charge is 2.54. The van der Waals surface area contributed by atoms with Crippen LogP contribution < -0.4 is 14.4 Å².